The molecule has 142 valence electrons. The van der Waals surface area contributed by atoms with E-state index in [1.165, 1.54) is 57.7 Å². The van der Waals surface area contributed by atoms with Gasteiger partial charge in [0.25, 0.3) is 11.8 Å². The molecule has 0 aliphatic rings. The van der Waals surface area contributed by atoms with Crippen molar-refractivity contribution in [1.29, 1.82) is 0 Å². The van der Waals surface area contributed by atoms with Crippen LogP contribution in [0.15, 0.2) is 42.5 Å². The van der Waals surface area contributed by atoms with Crippen molar-refractivity contribution in [2.45, 2.75) is 0 Å². The van der Waals surface area contributed by atoms with Crippen LogP contribution in [0.4, 0.5) is 0 Å². The summed E-state index contributed by atoms with van der Waals surface area (Å²) in [4.78, 5) is 23.8. The molecule has 0 aliphatic heterocycles. The maximum Gasteiger partial charge on any atom is 0.269 e. The molecule has 8 heteroatoms. The van der Waals surface area contributed by atoms with E-state index in [4.69, 9.17) is 14.2 Å². The number of aromatic hydroxyl groups is 1. The molecule has 2 aromatic carbocycles. The van der Waals surface area contributed by atoms with Gasteiger partial charge in [-0.15, -0.1) is 0 Å². The average Bonchev–Trinajstić information content (AvgIpc) is 2.69. The van der Waals surface area contributed by atoms with Gasteiger partial charge in [0, 0.05) is 11.6 Å². The molecule has 0 atom stereocenters. The number of benzene rings is 2. The monoisotopic (exact) mass is 372 g/mol. The van der Waals surface area contributed by atoms with Gasteiger partial charge in [-0.3, -0.25) is 20.4 Å². The first-order valence-electron chi connectivity index (χ1n) is 7.86. The zero-order valence-corrected chi connectivity index (χ0v) is 15.1. The van der Waals surface area contributed by atoms with Gasteiger partial charge in [0.2, 0.25) is 5.75 Å². The van der Waals surface area contributed by atoms with Crippen LogP contribution in [0.3, 0.4) is 0 Å². The molecule has 0 saturated carbocycles. The maximum absolute atomic E-state index is 11.9. The largest absolute Gasteiger partial charge is 0.508 e. The van der Waals surface area contributed by atoms with Gasteiger partial charge in [-0.05, 0) is 48.0 Å². The van der Waals surface area contributed by atoms with E-state index in [1.54, 1.807) is 12.1 Å². The molecule has 0 spiro atoms. The van der Waals surface area contributed by atoms with Gasteiger partial charge in [-0.1, -0.05) is 0 Å². The summed E-state index contributed by atoms with van der Waals surface area (Å²) < 4.78 is 15.7. The number of ether oxygens (including phenoxy) is 3. The Morgan fingerprint density at radius 1 is 0.926 bits per heavy atom. The minimum atomic E-state index is -0.532. The van der Waals surface area contributed by atoms with Crippen molar-refractivity contribution in [3.05, 3.63) is 53.6 Å². The highest BCUT2D eigenvalue weighted by Crippen LogP contribution is 2.38. The van der Waals surface area contributed by atoms with Gasteiger partial charge >= 0.3 is 0 Å². The first-order chi connectivity index (χ1) is 13.0. The normalized spacial score (nSPS) is 10.3. The number of hydrazine groups is 1. The Hall–Kier alpha value is -3.68. The number of amides is 2. The van der Waals surface area contributed by atoms with Gasteiger partial charge in [-0.2, -0.15) is 0 Å². The smallest absolute Gasteiger partial charge is 0.269 e. The summed E-state index contributed by atoms with van der Waals surface area (Å²) in [6, 6.07) is 8.98. The minimum Gasteiger partial charge on any atom is -0.508 e. The predicted octanol–water partition coefficient (Wildman–Crippen LogP) is 1.89. The lowest BCUT2D eigenvalue weighted by atomic mass is 10.1. The molecule has 0 unspecified atom stereocenters. The number of phenolic OH excluding ortho intramolecular Hbond substituents is 1. The molecule has 2 rings (SSSR count). The fourth-order valence-electron chi connectivity index (χ4n) is 2.21. The Morgan fingerprint density at radius 2 is 1.52 bits per heavy atom. The van der Waals surface area contributed by atoms with Crippen LogP contribution in [0.1, 0.15) is 15.9 Å². The predicted molar refractivity (Wildman–Crippen MR) is 98.8 cm³/mol. The number of carbonyl (C=O) groups excluding carboxylic acids is 2. The third-order valence-electron chi connectivity index (χ3n) is 3.54. The third kappa shape index (κ3) is 5.15. The lowest BCUT2D eigenvalue weighted by molar-refractivity contribution is -0.117. The number of nitrogens with one attached hydrogen (secondary N) is 2. The molecular formula is C19H20N2O6. The lowest BCUT2D eigenvalue weighted by Gasteiger charge is -2.12. The number of hydrogen-bond donors (Lipinski definition) is 3. The summed E-state index contributed by atoms with van der Waals surface area (Å²) in [6.45, 7) is 0. The fourth-order valence-corrected chi connectivity index (χ4v) is 2.21. The molecule has 3 N–H and O–H groups in total. The Labute approximate surface area is 156 Å². The molecule has 8 nitrogen and oxygen atoms in total. The Bertz CT molecular complexity index is 821. The number of methoxy groups -OCH3 is 3. The fraction of sp³-hybridized carbons (Fsp3) is 0.158. The first kappa shape index (κ1) is 19.6. The van der Waals surface area contributed by atoms with Gasteiger partial charge in [0.1, 0.15) is 5.75 Å². The highest BCUT2D eigenvalue weighted by Gasteiger charge is 2.12. The van der Waals surface area contributed by atoms with Crippen LogP contribution in [0.25, 0.3) is 6.08 Å². The van der Waals surface area contributed by atoms with Crippen LogP contribution in [0.2, 0.25) is 0 Å². The highest BCUT2D eigenvalue weighted by atomic mass is 16.5. The summed E-state index contributed by atoms with van der Waals surface area (Å²) in [5.74, 6) is 0.363. The summed E-state index contributed by atoms with van der Waals surface area (Å²) in [6.07, 6.45) is 2.78. The molecule has 0 aromatic heterocycles. The molecule has 2 amide bonds. The van der Waals surface area contributed by atoms with Gasteiger partial charge in [0.15, 0.2) is 11.5 Å². The number of hydrogen-bond acceptors (Lipinski definition) is 6. The lowest BCUT2D eigenvalue weighted by Crippen LogP contribution is -2.40. The molecule has 0 saturated heterocycles. The van der Waals surface area contributed by atoms with Crippen molar-refractivity contribution in [3.63, 3.8) is 0 Å². The topological polar surface area (TPSA) is 106 Å². The molecule has 0 radical (unpaired) electrons. The summed E-state index contributed by atoms with van der Waals surface area (Å²) in [5.41, 5.74) is 5.48. The minimum absolute atomic E-state index is 0.0452. The summed E-state index contributed by atoms with van der Waals surface area (Å²) in [7, 11) is 4.49. The second kappa shape index (κ2) is 9.14. The highest BCUT2D eigenvalue weighted by molar-refractivity contribution is 5.98. The summed E-state index contributed by atoms with van der Waals surface area (Å²) >= 11 is 0. The Morgan fingerprint density at radius 3 is 2.04 bits per heavy atom. The molecule has 2 aromatic rings. The summed E-state index contributed by atoms with van der Waals surface area (Å²) in [5, 5.41) is 9.21. The van der Waals surface area contributed by atoms with Crippen molar-refractivity contribution in [1.82, 2.24) is 10.9 Å². The van der Waals surface area contributed by atoms with Crippen molar-refractivity contribution in [3.8, 4) is 23.0 Å². The van der Waals surface area contributed by atoms with Crippen LogP contribution in [-0.4, -0.2) is 38.3 Å². The first-order valence-corrected chi connectivity index (χ1v) is 7.86. The van der Waals surface area contributed by atoms with E-state index in [2.05, 4.69) is 10.9 Å². The second-order valence-corrected chi connectivity index (χ2v) is 5.28. The van der Waals surface area contributed by atoms with E-state index in [1.807, 2.05) is 0 Å². The van der Waals surface area contributed by atoms with Gasteiger partial charge in [0.05, 0.1) is 21.3 Å². The van der Waals surface area contributed by atoms with E-state index in [0.717, 1.165) is 0 Å². The van der Waals surface area contributed by atoms with Crippen LogP contribution in [-0.2, 0) is 4.79 Å². The van der Waals surface area contributed by atoms with Gasteiger partial charge in [-0.25, -0.2) is 0 Å². The quantitative estimate of drug-likeness (QED) is 0.528. The van der Waals surface area contributed by atoms with E-state index >= 15 is 0 Å². The molecule has 0 bridgehead atoms. The molecule has 27 heavy (non-hydrogen) atoms. The average molecular weight is 372 g/mol. The SMILES string of the molecule is COc1cc(C=CC(=O)NNC(=O)c2ccc(O)cc2)cc(OC)c1OC. The molecule has 0 heterocycles. The van der Waals surface area contributed by atoms with Crippen LogP contribution >= 0.6 is 0 Å². The van der Waals surface area contributed by atoms with Crippen molar-refractivity contribution in [2.75, 3.05) is 21.3 Å². The number of carbonyl (C=O) groups is 2. The molecular weight excluding hydrogens is 352 g/mol. The standard InChI is InChI=1S/C19H20N2O6/c1-25-15-10-12(11-16(26-2)18(15)27-3)4-9-17(23)20-21-19(24)13-5-7-14(22)8-6-13/h4-11,22H,1-3H3,(H,20,23)(H,21,24). The maximum atomic E-state index is 11.9. The van der Waals surface area contributed by atoms with E-state index in [9.17, 15) is 14.7 Å². The van der Waals surface area contributed by atoms with Crippen LogP contribution < -0.4 is 25.1 Å². The molecule has 0 aliphatic carbocycles. The number of phenols is 1. The van der Waals surface area contributed by atoms with E-state index in [-0.39, 0.29) is 5.75 Å². The van der Waals surface area contributed by atoms with Crippen LogP contribution in [0, 0.1) is 0 Å². The van der Waals surface area contributed by atoms with Crippen molar-refractivity contribution >= 4 is 17.9 Å². The van der Waals surface area contributed by atoms with Crippen molar-refractivity contribution < 1.29 is 28.9 Å². The van der Waals surface area contributed by atoms with E-state index in [0.29, 0.717) is 28.4 Å². The third-order valence-corrected chi connectivity index (χ3v) is 3.54. The zero-order valence-electron chi connectivity index (χ0n) is 15.1. The number of rotatable bonds is 6. The molecule has 0 fully saturated rings. The second-order valence-electron chi connectivity index (χ2n) is 5.28. The zero-order chi connectivity index (χ0) is 19.8. The van der Waals surface area contributed by atoms with Gasteiger partial charge < -0.3 is 19.3 Å². The Balaban J connectivity index is 2.01. The van der Waals surface area contributed by atoms with Crippen LogP contribution in [0.5, 0.6) is 23.0 Å². The van der Waals surface area contributed by atoms with Crippen molar-refractivity contribution in [2.24, 2.45) is 0 Å². The Kier molecular flexibility index (Phi) is 6.65. The van der Waals surface area contributed by atoms with E-state index < -0.39 is 11.8 Å².